The van der Waals surface area contributed by atoms with E-state index in [-0.39, 0.29) is 6.04 Å². The normalized spacial score (nSPS) is 14.9. The van der Waals surface area contributed by atoms with E-state index in [9.17, 15) is 0 Å². The number of fused-ring (bicyclic) bond motifs is 12. The van der Waals surface area contributed by atoms with Crippen molar-refractivity contribution >= 4 is 22.3 Å². The summed E-state index contributed by atoms with van der Waals surface area (Å²) in [6, 6.07) is 73.6. The second-order valence-electron chi connectivity index (χ2n) is 17.2. The van der Waals surface area contributed by atoms with Gasteiger partial charge < -0.3 is 9.47 Å². The van der Waals surface area contributed by atoms with Crippen LogP contribution in [0.2, 0.25) is 0 Å². The molecule has 0 amide bonds. The fourth-order valence-corrected chi connectivity index (χ4v) is 11.1. The molecule has 7 aromatic carbocycles. The van der Waals surface area contributed by atoms with Crippen molar-refractivity contribution in [1.82, 2.24) is 14.5 Å². The van der Waals surface area contributed by atoms with Crippen LogP contribution in [0.3, 0.4) is 0 Å². The molecule has 1 atom stereocenters. The molecule has 1 spiro atoms. The molecule has 0 bridgehead atoms. The minimum Gasteiger partial charge on any atom is -0.334 e. The Morgan fingerprint density at radius 1 is 0.477 bits per heavy atom. The summed E-state index contributed by atoms with van der Waals surface area (Å²) in [5, 5.41) is 1.23. The molecule has 0 aliphatic heterocycles. The highest BCUT2D eigenvalue weighted by Crippen LogP contribution is 2.65. The number of rotatable bonds is 7. The molecule has 0 N–H and O–H groups in total. The van der Waals surface area contributed by atoms with Crippen LogP contribution in [0.4, 0.5) is 11.4 Å². The van der Waals surface area contributed by atoms with Crippen molar-refractivity contribution in [2.45, 2.75) is 17.9 Å². The van der Waals surface area contributed by atoms with Crippen LogP contribution in [0.1, 0.15) is 28.7 Å². The fraction of sp³-hybridized carbons (Fsp3) is 0.0492. The minimum atomic E-state index is -0.545. The number of nitrogens with zero attached hydrogens (tertiary/aromatic N) is 4. The number of hydrogen-bond donors (Lipinski definition) is 0. The Balaban J connectivity index is 1.11. The van der Waals surface area contributed by atoms with Crippen LogP contribution in [0, 0.1) is 0 Å². The molecule has 13 rings (SSSR count). The lowest BCUT2D eigenvalue weighted by Crippen LogP contribution is -2.29. The number of para-hydroxylation sites is 1. The first kappa shape index (κ1) is 37.2. The molecule has 3 aliphatic carbocycles. The van der Waals surface area contributed by atoms with Gasteiger partial charge in [-0.1, -0.05) is 146 Å². The summed E-state index contributed by atoms with van der Waals surface area (Å²) >= 11 is 0. The van der Waals surface area contributed by atoms with Crippen LogP contribution < -0.4 is 4.90 Å². The van der Waals surface area contributed by atoms with E-state index in [1.165, 1.54) is 66.8 Å². The van der Waals surface area contributed by atoms with Crippen molar-refractivity contribution < 1.29 is 0 Å². The summed E-state index contributed by atoms with van der Waals surface area (Å²) in [4.78, 5) is 12.2. The molecule has 1 unspecified atom stereocenters. The Morgan fingerprint density at radius 3 is 1.72 bits per heavy atom. The lowest BCUT2D eigenvalue weighted by Gasteiger charge is -2.33. The number of allylic oxidation sites excluding steroid dienone is 2. The Labute approximate surface area is 378 Å². The number of pyridine rings is 2. The zero-order valence-electron chi connectivity index (χ0n) is 35.6. The highest BCUT2D eigenvalue weighted by Gasteiger charge is 2.54. The van der Waals surface area contributed by atoms with Gasteiger partial charge in [0.2, 0.25) is 0 Å². The zero-order chi connectivity index (χ0) is 42.9. The first-order valence-electron chi connectivity index (χ1n) is 22.5. The molecule has 10 aromatic rings. The highest BCUT2D eigenvalue weighted by atomic mass is 15.2. The van der Waals surface area contributed by atoms with Gasteiger partial charge in [0.15, 0.2) is 0 Å². The maximum Gasteiger partial charge on any atom is 0.0747 e. The zero-order valence-corrected chi connectivity index (χ0v) is 35.6. The van der Waals surface area contributed by atoms with Gasteiger partial charge in [0, 0.05) is 57.1 Å². The molecule has 0 saturated carbocycles. The van der Waals surface area contributed by atoms with Gasteiger partial charge >= 0.3 is 0 Å². The predicted octanol–water partition coefficient (Wildman–Crippen LogP) is 14.8. The second kappa shape index (κ2) is 14.9. The molecule has 306 valence electrons. The summed E-state index contributed by atoms with van der Waals surface area (Å²) < 4.78 is 2.53. The van der Waals surface area contributed by atoms with Crippen LogP contribution in [0.25, 0.3) is 72.6 Å². The van der Waals surface area contributed by atoms with Crippen molar-refractivity contribution in [2.24, 2.45) is 0 Å². The van der Waals surface area contributed by atoms with E-state index in [0.717, 1.165) is 45.8 Å². The fourth-order valence-electron chi connectivity index (χ4n) is 11.1. The monoisotopic (exact) mass is 830 g/mol. The van der Waals surface area contributed by atoms with Crippen LogP contribution in [0.15, 0.2) is 237 Å². The van der Waals surface area contributed by atoms with Crippen LogP contribution in [-0.4, -0.2) is 20.6 Å². The van der Waals surface area contributed by atoms with Gasteiger partial charge in [-0.3, -0.25) is 9.97 Å². The lowest BCUT2D eigenvalue weighted by atomic mass is 9.70. The Morgan fingerprint density at radius 2 is 1.08 bits per heavy atom. The predicted molar refractivity (Wildman–Crippen MR) is 267 cm³/mol. The van der Waals surface area contributed by atoms with Crippen LogP contribution in [0.5, 0.6) is 0 Å². The number of hydrogen-bond acceptors (Lipinski definition) is 3. The molecule has 3 aliphatic rings. The van der Waals surface area contributed by atoms with Gasteiger partial charge in [0.25, 0.3) is 0 Å². The van der Waals surface area contributed by atoms with E-state index in [2.05, 4.69) is 222 Å². The van der Waals surface area contributed by atoms with E-state index in [1.807, 2.05) is 24.5 Å². The molecule has 0 saturated heterocycles. The smallest absolute Gasteiger partial charge is 0.0747 e. The maximum atomic E-state index is 4.86. The Bertz CT molecular complexity index is 3420. The Kier molecular flexibility index (Phi) is 8.53. The first-order chi connectivity index (χ1) is 32.3. The summed E-state index contributed by atoms with van der Waals surface area (Å²) in [6.45, 7) is 0. The van der Waals surface area contributed by atoms with Crippen molar-refractivity contribution in [1.29, 1.82) is 0 Å². The van der Waals surface area contributed by atoms with Gasteiger partial charge in [0.05, 0.1) is 34.1 Å². The van der Waals surface area contributed by atoms with E-state index >= 15 is 0 Å². The van der Waals surface area contributed by atoms with Crippen molar-refractivity contribution in [3.63, 3.8) is 0 Å². The lowest BCUT2D eigenvalue weighted by molar-refractivity contribution is 0.785. The largest absolute Gasteiger partial charge is 0.334 e. The standard InChI is InChI=1S/C61H42N4/c1-3-19-45(20-4-1)64(46-21-5-2-6-22-46)47-23-17-18-41(37-47)42-32-33-58-52(40-42)59-60(65(58)48-38-43(56-30-13-15-34-62-56)36-44(39-48)57-31-14-16-35-63-57)51-26-9-12-29-55(51)61(59)53-27-10-7-24-49(53)50-25-8-11-28-54(50)61/h1-21,23-40,46H,22H2. The van der Waals surface area contributed by atoms with E-state index in [4.69, 9.17) is 9.97 Å². The summed E-state index contributed by atoms with van der Waals surface area (Å²) in [6.07, 6.45) is 13.6. The van der Waals surface area contributed by atoms with E-state index in [0.29, 0.717) is 0 Å². The number of anilines is 2. The average Bonchev–Trinajstić information content (AvgIpc) is 3.99. The van der Waals surface area contributed by atoms with Crippen molar-refractivity contribution in [3.05, 3.63) is 259 Å². The average molecular weight is 831 g/mol. The second-order valence-corrected chi connectivity index (χ2v) is 17.2. The quantitative estimate of drug-likeness (QED) is 0.160. The third-order valence-corrected chi connectivity index (χ3v) is 13.8. The van der Waals surface area contributed by atoms with Gasteiger partial charge in [-0.2, -0.15) is 0 Å². The first-order valence-corrected chi connectivity index (χ1v) is 22.5. The molecule has 3 heterocycles. The molecule has 65 heavy (non-hydrogen) atoms. The molecule has 0 radical (unpaired) electrons. The summed E-state index contributed by atoms with van der Waals surface area (Å²) in [5.74, 6) is 0. The SMILES string of the molecule is C1=CCC(N(c2ccccc2)c2cccc(-c3ccc4c(c3)c3c(n4-c4cc(-c5ccccn5)cc(-c5ccccn5)c4)-c4ccccc4C34c3ccccc3-c3ccccc34)c2)C=C1. The molecule has 4 nitrogen and oxygen atoms in total. The molecular formula is C61H42N4. The third kappa shape index (κ3) is 5.70. The van der Waals surface area contributed by atoms with Gasteiger partial charge in [-0.05, 0) is 124 Å². The van der Waals surface area contributed by atoms with E-state index in [1.54, 1.807) is 0 Å². The third-order valence-electron chi connectivity index (χ3n) is 13.8. The Hall–Kier alpha value is -8.34. The highest BCUT2D eigenvalue weighted by molar-refractivity contribution is 6.06. The number of aromatic nitrogens is 3. The van der Waals surface area contributed by atoms with Crippen molar-refractivity contribution in [3.8, 4) is 61.7 Å². The topological polar surface area (TPSA) is 34.0 Å². The van der Waals surface area contributed by atoms with Crippen LogP contribution in [-0.2, 0) is 5.41 Å². The molecule has 0 fully saturated rings. The number of benzene rings is 7. The molecule has 4 heteroatoms. The minimum absolute atomic E-state index is 0.205. The molecule has 3 aromatic heterocycles. The van der Waals surface area contributed by atoms with Crippen LogP contribution >= 0.6 is 0 Å². The molecular weight excluding hydrogens is 789 g/mol. The summed E-state index contributed by atoms with van der Waals surface area (Å²) in [5.41, 5.74) is 20.6. The summed E-state index contributed by atoms with van der Waals surface area (Å²) in [7, 11) is 0. The van der Waals surface area contributed by atoms with Gasteiger partial charge in [-0.25, -0.2) is 0 Å². The van der Waals surface area contributed by atoms with Gasteiger partial charge in [-0.15, -0.1) is 0 Å². The van der Waals surface area contributed by atoms with Gasteiger partial charge in [0.1, 0.15) is 0 Å². The van der Waals surface area contributed by atoms with E-state index < -0.39 is 5.41 Å². The van der Waals surface area contributed by atoms with Crippen molar-refractivity contribution in [2.75, 3.05) is 4.90 Å². The maximum absolute atomic E-state index is 4.86.